The molecule has 3 rings (SSSR count). The number of aryl methyl sites for hydroxylation is 1. The molecule has 4 heteroatoms. The van der Waals surface area contributed by atoms with Crippen LogP contribution in [-0.4, -0.2) is 43.0 Å². The lowest BCUT2D eigenvalue weighted by Gasteiger charge is -2.36. The molecule has 0 unspecified atom stereocenters. The first-order valence-corrected chi connectivity index (χ1v) is 8.55. The van der Waals surface area contributed by atoms with E-state index < -0.39 is 0 Å². The summed E-state index contributed by atoms with van der Waals surface area (Å²) in [6, 6.07) is 9.00. The molecule has 0 saturated carbocycles. The normalized spacial score (nSPS) is 20.9. The predicted octanol–water partition coefficient (Wildman–Crippen LogP) is 2.40. The maximum Gasteiger partial charge on any atom is 0.225 e. The van der Waals surface area contributed by atoms with Crippen LogP contribution in [0.25, 0.3) is 0 Å². The Labute approximate surface area is 133 Å². The molecule has 0 bridgehead atoms. The van der Waals surface area contributed by atoms with Crippen LogP contribution >= 0.6 is 0 Å². The second-order valence-corrected chi connectivity index (χ2v) is 6.64. The van der Waals surface area contributed by atoms with Crippen LogP contribution in [0, 0.1) is 12.8 Å². The van der Waals surface area contributed by atoms with Crippen molar-refractivity contribution in [1.82, 2.24) is 10.2 Å². The van der Waals surface area contributed by atoms with Gasteiger partial charge in [0.25, 0.3) is 0 Å². The maximum atomic E-state index is 12.5. The Kier molecular flexibility index (Phi) is 4.98. The summed E-state index contributed by atoms with van der Waals surface area (Å²) in [6.45, 7) is 5.88. The molecule has 0 aromatic heterocycles. The standard InChI is InChI=1S/C18H27N3O/c1-14-3-2-4-17(13-14)20-16-7-11-21(12-8-16)18(22)15-5-9-19-10-6-15/h2-4,13,15-16,19-20H,5-12H2,1H3. The Morgan fingerprint density at radius 3 is 2.59 bits per heavy atom. The SMILES string of the molecule is Cc1cccc(NC2CCN(C(=O)C3CCNCC3)CC2)c1. The average Bonchev–Trinajstić information content (AvgIpc) is 2.56. The van der Waals surface area contributed by atoms with Crippen LogP contribution in [-0.2, 0) is 4.79 Å². The van der Waals surface area contributed by atoms with Gasteiger partial charge in [0.2, 0.25) is 5.91 Å². The van der Waals surface area contributed by atoms with E-state index in [1.165, 1.54) is 11.3 Å². The molecule has 2 aliphatic heterocycles. The zero-order valence-electron chi connectivity index (χ0n) is 13.5. The van der Waals surface area contributed by atoms with Crippen molar-refractivity contribution >= 4 is 11.6 Å². The third-order valence-corrected chi connectivity index (χ3v) is 4.88. The molecular weight excluding hydrogens is 274 g/mol. The van der Waals surface area contributed by atoms with E-state index in [9.17, 15) is 4.79 Å². The van der Waals surface area contributed by atoms with Gasteiger partial charge in [0, 0.05) is 30.7 Å². The van der Waals surface area contributed by atoms with Crippen molar-refractivity contribution in [2.45, 2.75) is 38.6 Å². The Morgan fingerprint density at radius 2 is 1.91 bits per heavy atom. The van der Waals surface area contributed by atoms with E-state index in [0.29, 0.717) is 11.9 Å². The molecule has 120 valence electrons. The summed E-state index contributed by atoms with van der Waals surface area (Å²) in [5, 5.41) is 6.94. The average molecular weight is 301 g/mol. The number of piperidine rings is 2. The van der Waals surface area contributed by atoms with Crippen LogP contribution in [0.3, 0.4) is 0 Å². The fraction of sp³-hybridized carbons (Fsp3) is 0.611. The van der Waals surface area contributed by atoms with Crippen LogP contribution in [0.2, 0.25) is 0 Å². The number of nitrogens with zero attached hydrogens (tertiary/aromatic N) is 1. The molecule has 1 aromatic rings. The lowest BCUT2D eigenvalue weighted by Crippen LogP contribution is -2.46. The number of rotatable bonds is 3. The number of anilines is 1. The third-order valence-electron chi connectivity index (χ3n) is 4.88. The van der Waals surface area contributed by atoms with Gasteiger partial charge in [0.05, 0.1) is 0 Å². The second kappa shape index (κ2) is 7.14. The minimum absolute atomic E-state index is 0.252. The number of likely N-dealkylation sites (tertiary alicyclic amines) is 1. The molecule has 1 amide bonds. The van der Waals surface area contributed by atoms with E-state index in [4.69, 9.17) is 0 Å². The van der Waals surface area contributed by atoms with Crippen LogP contribution in [0.1, 0.15) is 31.2 Å². The molecule has 0 aliphatic carbocycles. The van der Waals surface area contributed by atoms with Crippen LogP contribution in [0.5, 0.6) is 0 Å². The summed E-state index contributed by atoms with van der Waals surface area (Å²) in [6.07, 6.45) is 4.09. The minimum Gasteiger partial charge on any atom is -0.382 e. The van der Waals surface area contributed by atoms with Gasteiger partial charge < -0.3 is 15.5 Å². The zero-order chi connectivity index (χ0) is 15.4. The molecule has 0 atom stereocenters. The van der Waals surface area contributed by atoms with Crippen molar-refractivity contribution in [3.05, 3.63) is 29.8 Å². The lowest BCUT2D eigenvalue weighted by molar-refractivity contribution is -0.137. The van der Waals surface area contributed by atoms with Gasteiger partial charge in [-0.05, 0) is 63.4 Å². The Morgan fingerprint density at radius 1 is 1.18 bits per heavy atom. The Bertz CT molecular complexity index is 503. The fourth-order valence-corrected chi connectivity index (χ4v) is 3.54. The van der Waals surface area contributed by atoms with Gasteiger partial charge in [-0.15, -0.1) is 0 Å². The highest BCUT2D eigenvalue weighted by atomic mass is 16.2. The summed E-state index contributed by atoms with van der Waals surface area (Å²) >= 11 is 0. The minimum atomic E-state index is 0.252. The molecule has 2 saturated heterocycles. The summed E-state index contributed by atoms with van der Waals surface area (Å²) in [7, 11) is 0. The molecule has 2 heterocycles. The maximum absolute atomic E-state index is 12.5. The molecular formula is C18H27N3O. The summed E-state index contributed by atoms with van der Waals surface area (Å²) < 4.78 is 0. The van der Waals surface area contributed by atoms with Crippen molar-refractivity contribution < 1.29 is 4.79 Å². The van der Waals surface area contributed by atoms with E-state index in [-0.39, 0.29) is 5.92 Å². The predicted molar refractivity (Wildman–Crippen MR) is 90.0 cm³/mol. The number of hydrogen-bond donors (Lipinski definition) is 2. The molecule has 22 heavy (non-hydrogen) atoms. The number of benzene rings is 1. The van der Waals surface area contributed by atoms with Gasteiger partial charge in [-0.1, -0.05) is 12.1 Å². The fourth-order valence-electron chi connectivity index (χ4n) is 3.54. The monoisotopic (exact) mass is 301 g/mol. The van der Waals surface area contributed by atoms with Gasteiger partial charge in [-0.25, -0.2) is 0 Å². The smallest absolute Gasteiger partial charge is 0.225 e. The van der Waals surface area contributed by atoms with Crippen molar-refractivity contribution in [1.29, 1.82) is 0 Å². The van der Waals surface area contributed by atoms with Crippen LogP contribution in [0.4, 0.5) is 5.69 Å². The molecule has 2 N–H and O–H groups in total. The third kappa shape index (κ3) is 3.80. The van der Waals surface area contributed by atoms with Gasteiger partial charge in [-0.3, -0.25) is 4.79 Å². The zero-order valence-corrected chi connectivity index (χ0v) is 13.5. The first kappa shape index (κ1) is 15.3. The highest BCUT2D eigenvalue weighted by molar-refractivity contribution is 5.79. The van der Waals surface area contributed by atoms with E-state index in [0.717, 1.165) is 51.9 Å². The molecule has 4 nitrogen and oxygen atoms in total. The Hall–Kier alpha value is -1.55. The van der Waals surface area contributed by atoms with Crippen LogP contribution < -0.4 is 10.6 Å². The molecule has 1 aromatic carbocycles. The first-order chi connectivity index (χ1) is 10.7. The largest absolute Gasteiger partial charge is 0.382 e. The van der Waals surface area contributed by atoms with Gasteiger partial charge in [0.15, 0.2) is 0 Å². The quantitative estimate of drug-likeness (QED) is 0.901. The molecule has 2 aliphatic rings. The van der Waals surface area contributed by atoms with E-state index in [1.54, 1.807) is 0 Å². The van der Waals surface area contributed by atoms with E-state index in [2.05, 4.69) is 46.7 Å². The van der Waals surface area contributed by atoms with Crippen molar-refractivity contribution in [3.8, 4) is 0 Å². The highest BCUT2D eigenvalue weighted by Gasteiger charge is 2.28. The number of amides is 1. The molecule has 0 radical (unpaired) electrons. The van der Waals surface area contributed by atoms with Gasteiger partial charge >= 0.3 is 0 Å². The van der Waals surface area contributed by atoms with Gasteiger partial charge in [0.1, 0.15) is 0 Å². The topological polar surface area (TPSA) is 44.4 Å². The lowest BCUT2D eigenvalue weighted by atomic mass is 9.95. The summed E-state index contributed by atoms with van der Waals surface area (Å²) in [5.74, 6) is 0.637. The number of carbonyl (C=O) groups excluding carboxylic acids is 1. The van der Waals surface area contributed by atoms with Crippen molar-refractivity contribution in [3.63, 3.8) is 0 Å². The van der Waals surface area contributed by atoms with Crippen LogP contribution in [0.15, 0.2) is 24.3 Å². The first-order valence-electron chi connectivity index (χ1n) is 8.55. The number of carbonyl (C=O) groups is 1. The Balaban J connectivity index is 1.48. The molecule has 0 spiro atoms. The van der Waals surface area contributed by atoms with Crippen molar-refractivity contribution in [2.24, 2.45) is 5.92 Å². The van der Waals surface area contributed by atoms with E-state index >= 15 is 0 Å². The van der Waals surface area contributed by atoms with E-state index in [1.807, 2.05) is 0 Å². The molecule has 2 fully saturated rings. The van der Waals surface area contributed by atoms with Crippen molar-refractivity contribution in [2.75, 3.05) is 31.5 Å². The number of hydrogen-bond acceptors (Lipinski definition) is 3. The second-order valence-electron chi connectivity index (χ2n) is 6.64. The highest BCUT2D eigenvalue weighted by Crippen LogP contribution is 2.21. The van der Waals surface area contributed by atoms with Gasteiger partial charge in [-0.2, -0.15) is 0 Å². The summed E-state index contributed by atoms with van der Waals surface area (Å²) in [5.41, 5.74) is 2.48. The number of nitrogens with one attached hydrogen (secondary N) is 2. The summed E-state index contributed by atoms with van der Waals surface area (Å²) in [4.78, 5) is 14.6.